The fraction of sp³-hybridized carbons (Fsp3) is 0.424. The summed E-state index contributed by atoms with van der Waals surface area (Å²) in [5.41, 5.74) is 7.34. The van der Waals surface area contributed by atoms with Gasteiger partial charge in [0.1, 0.15) is 24.4 Å². The smallest absolute Gasteiger partial charge is 0.248 e. The predicted molar refractivity (Wildman–Crippen MR) is 165 cm³/mol. The minimum absolute atomic E-state index is 0.130. The first-order chi connectivity index (χ1) is 20.3. The summed E-state index contributed by atoms with van der Waals surface area (Å²) < 4.78 is 10.9. The number of fused-ring (bicyclic) bond motifs is 1. The van der Waals surface area contributed by atoms with Gasteiger partial charge in [0.05, 0.1) is 7.11 Å². The second-order valence-corrected chi connectivity index (χ2v) is 10.4. The predicted octanol–water partition coefficient (Wildman–Crippen LogP) is 3.18. The van der Waals surface area contributed by atoms with E-state index < -0.39 is 12.1 Å². The van der Waals surface area contributed by atoms with Crippen LogP contribution in [0.15, 0.2) is 66.7 Å². The molecule has 0 aliphatic carbocycles. The highest BCUT2D eigenvalue weighted by Crippen LogP contribution is 2.20. The summed E-state index contributed by atoms with van der Waals surface area (Å²) in [6.07, 6.45) is 3.25. The molecule has 2 atom stereocenters. The van der Waals surface area contributed by atoms with Crippen molar-refractivity contribution in [2.75, 3.05) is 48.0 Å². The van der Waals surface area contributed by atoms with Crippen LogP contribution in [0.1, 0.15) is 30.4 Å². The van der Waals surface area contributed by atoms with Gasteiger partial charge in [-0.05, 0) is 59.8 Å². The van der Waals surface area contributed by atoms with E-state index in [9.17, 15) is 14.4 Å². The SMILES string of the molecule is CNC(=O)[C@@H](Cc1ccc(OC)cc1)N(C)C(=O)[C@@H](Cc1ccc2ccccc2c1)N(C)C(=O)COCCCCCN. The number of carbonyl (C=O) groups excluding carboxylic acids is 3. The first-order valence-corrected chi connectivity index (χ1v) is 14.4. The number of nitrogens with one attached hydrogen (secondary N) is 1. The summed E-state index contributed by atoms with van der Waals surface area (Å²) in [4.78, 5) is 43.3. The lowest BCUT2D eigenvalue weighted by Crippen LogP contribution is -2.56. The van der Waals surface area contributed by atoms with Gasteiger partial charge >= 0.3 is 0 Å². The Bertz CT molecular complexity index is 1310. The van der Waals surface area contributed by atoms with Crippen molar-refractivity contribution in [2.45, 2.75) is 44.2 Å². The lowest BCUT2D eigenvalue weighted by Gasteiger charge is -2.34. The maximum atomic E-state index is 14.1. The van der Waals surface area contributed by atoms with E-state index in [1.807, 2.05) is 66.7 Å². The van der Waals surface area contributed by atoms with E-state index in [1.54, 1.807) is 28.3 Å². The number of carbonyl (C=O) groups is 3. The molecule has 0 bridgehead atoms. The van der Waals surface area contributed by atoms with E-state index in [0.717, 1.165) is 41.2 Å². The van der Waals surface area contributed by atoms with Crippen LogP contribution in [0.4, 0.5) is 0 Å². The number of rotatable bonds is 16. The van der Waals surface area contributed by atoms with Crippen molar-refractivity contribution >= 4 is 28.5 Å². The van der Waals surface area contributed by atoms with Crippen molar-refractivity contribution in [1.29, 1.82) is 0 Å². The molecule has 9 heteroatoms. The molecule has 0 fully saturated rings. The molecule has 226 valence electrons. The number of likely N-dealkylation sites (N-methyl/N-ethyl adjacent to an activating group) is 3. The fourth-order valence-corrected chi connectivity index (χ4v) is 4.88. The summed E-state index contributed by atoms with van der Waals surface area (Å²) in [7, 11) is 6.38. The molecular weight excluding hydrogens is 532 g/mol. The Labute approximate surface area is 248 Å². The number of methoxy groups -OCH3 is 1. The average Bonchev–Trinajstić information content (AvgIpc) is 3.02. The lowest BCUT2D eigenvalue weighted by molar-refractivity contribution is -0.149. The molecule has 9 nitrogen and oxygen atoms in total. The van der Waals surface area contributed by atoms with Gasteiger partial charge in [0.15, 0.2) is 0 Å². The molecule has 3 N–H and O–H groups in total. The van der Waals surface area contributed by atoms with Crippen LogP contribution in [0.2, 0.25) is 0 Å². The van der Waals surface area contributed by atoms with Gasteiger partial charge in [-0.2, -0.15) is 0 Å². The third-order valence-electron chi connectivity index (χ3n) is 7.56. The Balaban J connectivity index is 1.84. The maximum absolute atomic E-state index is 14.1. The Morgan fingerprint density at radius 2 is 1.50 bits per heavy atom. The third-order valence-corrected chi connectivity index (χ3v) is 7.56. The van der Waals surface area contributed by atoms with Gasteiger partial charge in [-0.15, -0.1) is 0 Å². The first-order valence-electron chi connectivity index (χ1n) is 14.4. The van der Waals surface area contributed by atoms with Crippen molar-refractivity contribution in [1.82, 2.24) is 15.1 Å². The molecule has 3 aromatic rings. The van der Waals surface area contributed by atoms with Crippen LogP contribution in [0.3, 0.4) is 0 Å². The zero-order valence-electron chi connectivity index (χ0n) is 25.2. The normalized spacial score (nSPS) is 12.4. The highest BCUT2D eigenvalue weighted by atomic mass is 16.5. The summed E-state index contributed by atoms with van der Waals surface area (Å²) in [6, 6.07) is 19.8. The van der Waals surface area contributed by atoms with Gasteiger partial charge in [0, 0.05) is 40.6 Å². The van der Waals surface area contributed by atoms with Gasteiger partial charge in [0.25, 0.3) is 0 Å². The summed E-state index contributed by atoms with van der Waals surface area (Å²) in [5.74, 6) is -0.213. The molecule has 3 aromatic carbocycles. The molecule has 0 aliphatic heterocycles. The number of amides is 3. The van der Waals surface area contributed by atoms with Gasteiger partial charge < -0.3 is 30.3 Å². The summed E-state index contributed by atoms with van der Waals surface area (Å²) in [6.45, 7) is 0.946. The van der Waals surface area contributed by atoms with Gasteiger partial charge in [-0.25, -0.2) is 0 Å². The van der Waals surface area contributed by atoms with Crippen molar-refractivity contribution in [3.63, 3.8) is 0 Å². The zero-order valence-corrected chi connectivity index (χ0v) is 25.2. The molecule has 0 unspecified atom stereocenters. The minimum Gasteiger partial charge on any atom is -0.497 e. The van der Waals surface area contributed by atoms with Crippen molar-refractivity contribution in [2.24, 2.45) is 5.73 Å². The van der Waals surface area contributed by atoms with E-state index in [4.69, 9.17) is 15.2 Å². The number of ether oxygens (including phenoxy) is 2. The Hall–Kier alpha value is -3.95. The number of hydrogen-bond acceptors (Lipinski definition) is 6. The van der Waals surface area contributed by atoms with Crippen LogP contribution in [-0.2, 0) is 32.0 Å². The largest absolute Gasteiger partial charge is 0.497 e. The number of unbranched alkanes of at least 4 members (excludes halogenated alkanes) is 2. The Morgan fingerprint density at radius 3 is 2.17 bits per heavy atom. The number of hydrogen-bond donors (Lipinski definition) is 2. The Kier molecular flexibility index (Phi) is 12.8. The van der Waals surface area contributed by atoms with Crippen LogP contribution in [0.5, 0.6) is 5.75 Å². The average molecular weight is 577 g/mol. The molecule has 0 aliphatic rings. The highest BCUT2D eigenvalue weighted by Gasteiger charge is 2.35. The minimum atomic E-state index is -0.840. The van der Waals surface area contributed by atoms with Gasteiger partial charge in [-0.1, -0.05) is 54.6 Å². The molecule has 3 rings (SSSR count). The second kappa shape index (κ2) is 16.5. The number of nitrogens with zero attached hydrogens (tertiary/aromatic N) is 2. The third kappa shape index (κ3) is 9.03. The second-order valence-electron chi connectivity index (χ2n) is 10.4. The Morgan fingerprint density at radius 1 is 0.833 bits per heavy atom. The molecule has 0 spiro atoms. The number of nitrogens with two attached hydrogens (primary N) is 1. The standard InChI is InChI=1S/C33H44N4O5/c1-35-32(39)29(21-24-13-16-28(41-4)17-14-24)37(3)33(40)30(36(2)31(38)23-42-19-9-5-8-18-34)22-25-12-15-26-10-6-7-11-27(26)20-25/h6-7,10-17,20,29-30H,5,8-9,18-19,21-23,34H2,1-4H3,(H,35,39)/t29-,30-/m1/s1. The van der Waals surface area contributed by atoms with Gasteiger partial charge in [0.2, 0.25) is 17.7 Å². The van der Waals surface area contributed by atoms with Crippen LogP contribution >= 0.6 is 0 Å². The van der Waals surface area contributed by atoms with Gasteiger partial charge in [-0.3, -0.25) is 14.4 Å². The molecule has 0 saturated carbocycles. The van der Waals surface area contributed by atoms with Crippen LogP contribution in [0, 0.1) is 0 Å². The van der Waals surface area contributed by atoms with E-state index >= 15 is 0 Å². The lowest BCUT2D eigenvalue weighted by atomic mass is 9.98. The molecular formula is C33H44N4O5. The highest BCUT2D eigenvalue weighted by molar-refractivity contribution is 5.92. The van der Waals surface area contributed by atoms with Crippen LogP contribution < -0.4 is 15.8 Å². The summed E-state index contributed by atoms with van der Waals surface area (Å²) >= 11 is 0. The van der Waals surface area contributed by atoms with E-state index in [0.29, 0.717) is 25.3 Å². The zero-order chi connectivity index (χ0) is 30.5. The maximum Gasteiger partial charge on any atom is 0.248 e. The number of benzene rings is 3. The van der Waals surface area contributed by atoms with E-state index in [1.165, 1.54) is 9.80 Å². The van der Waals surface area contributed by atoms with Crippen molar-refractivity contribution in [3.05, 3.63) is 77.9 Å². The summed E-state index contributed by atoms with van der Waals surface area (Å²) in [5, 5.41) is 4.83. The molecule has 0 aromatic heterocycles. The van der Waals surface area contributed by atoms with E-state index in [2.05, 4.69) is 5.32 Å². The van der Waals surface area contributed by atoms with Crippen molar-refractivity contribution < 1.29 is 23.9 Å². The first kappa shape index (κ1) is 32.6. The quantitative estimate of drug-likeness (QED) is 0.253. The van der Waals surface area contributed by atoms with Crippen LogP contribution in [-0.4, -0.2) is 87.6 Å². The van der Waals surface area contributed by atoms with Crippen molar-refractivity contribution in [3.8, 4) is 5.75 Å². The molecule has 0 saturated heterocycles. The fourth-order valence-electron chi connectivity index (χ4n) is 4.88. The topological polar surface area (TPSA) is 114 Å². The molecule has 0 radical (unpaired) electrons. The van der Waals surface area contributed by atoms with E-state index in [-0.39, 0.29) is 30.7 Å². The van der Waals surface area contributed by atoms with Crippen LogP contribution in [0.25, 0.3) is 10.8 Å². The molecule has 0 heterocycles. The monoisotopic (exact) mass is 576 g/mol. The molecule has 42 heavy (non-hydrogen) atoms. The molecule has 3 amide bonds.